The van der Waals surface area contributed by atoms with Crippen LogP contribution < -0.4 is 28.1 Å². The number of primary amides is 1. The van der Waals surface area contributed by atoms with Crippen LogP contribution in [0.2, 0.25) is 10.0 Å². The van der Waals surface area contributed by atoms with Crippen LogP contribution in [0.4, 0.5) is 21.2 Å². The third-order valence-corrected chi connectivity index (χ3v) is 12.4. The Morgan fingerprint density at radius 2 is 0.987 bits per heavy atom. The van der Waals surface area contributed by atoms with Gasteiger partial charge < -0.3 is 42.6 Å². The number of carbonyl (C=O) groups is 6. The second kappa shape index (κ2) is 23.1. The fourth-order valence-corrected chi connectivity index (χ4v) is 8.89. The number of hydrogen-bond donors (Lipinski definition) is 6. The van der Waals surface area contributed by atoms with Crippen molar-refractivity contribution in [1.82, 2.24) is 39.1 Å². The Bertz CT molecular complexity index is 2940. The monoisotopic (exact) mass is 1080 g/mol. The van der Waals surface area contributed by atoms with E-state index in [0.29, 0.717) is 75.7 Å². The Morgan fingerprint density at radius 1 is 0.605 bits per heavy atom. The number of nitrogen functional groups attached to an aromatic ring is 2. The molecular formula is C52H59Cl2N13O9. The normalized spacial score (nSPS) is 15.7. The molecular weight excluding hydrogens is 1020 g/mol. The summed E-state index contributed by atoms with van der Waals surface area (Å²) in [4.78, 5) is 96.3. The molecule has 8 rings (SSSR count). The number of rotatable bonds is 10. The first-order chi connectivity index (χ1) is 35.9. The second-order valence-corrected chi connectivity index (χ2v) is 20.8. The number of ether oxygens (including phenoxy) is 2. The number of carboxylic acid groups (broad SMARTS) is 1. The maximum atomic E-state index is 12.9. The molecule has 2 saturated heterocycles. The lowest BCUT2D eigenvalue weighted by Crippen LogP contribution is -2.43. The number of benzene rings is 2. The van der Waals surface area contributed by atoms with Crippen LogP contribution in [0.15, 0.2) is 85.2 Å². The van der Waals surface area contributed by atoms with Crippen molar-refractivity contribution in [3.05, 3.63) is 129 Å². The van der Waals surface area contributed by atoms with E-state index in [4.69, 9.17) is 50.1 Å². The van der Waals surface area contributed by atoms with Crippen molar-refractivity contribution >= 4 is 70.7 Å². The van der Waals surface area contributed by atoms with Gasteiger partial charge in [-0.2, -0.15) is 0 Å². The lowest BCUT2D eigenvalue weighted by molar-refractivity contribution is 0.00723. The summed E-state index contributed by atoms with van der Waals surface area (Å²) in [6.45, 7) is 11.7. The predicted octanol–water partition coefficient (Wildman–Crippen LogP) is 8.85. The summed E-state index contributed by atoms with van der Waals surface area (Å²) in [5.41, 5.74) is 6.14. The first kappa shape index (κ1) is 55.5. The molecule has 400 valence electrons. The fourth-order valence-electron chi connectivity index (χ4n) is 8.57. The van der Waals surface area contributed by atoms with Crippen molar-refractivity contribution in [2.75, 3.05) is 35.4 Å². The minimum atomic E-state index is -1.27. The highest BCUT2D eigenvalue weighted by Gasteiger charge is 2.38. The zero-order valence-electron chi connectivity index (χ0n) is 42.7. The first-order valence-corrected chi connectivity index (χ1v) is 25.0. The number of nitrogens with two attached hydrogens (primary N) is 3. The van der Waals surface area contributed by atoms with Crippen LogP contribution in [-0.4, -0.2) is 104 Å². The number of hydrogen-bond acceptors (Lipinski definition) is 14. The second-order valence-electron chi connectivity index (χ2n) is 19.9. The highest BCUT2D eigenvalue weighted by Crippen LogP contribution is 2.37. The highest BCUT2D eigenvalue weighted by atomic mass is 35.5. The largest absolute Gasteiger partial charge is 0.476 e. The van der Waals surface area contributed by atoms with E-state index in [0.717, 1.165) is 35.0 Å². The van der Waals surface area contributed by atoms with Gasteiger partial charge in [0.05, 0.1) is 12.1 Å². The van der Waals surface area contributed by atoms with Gasteiger partial charge in [0.2, 0.25) is 0 Å². The summed E-state index contributed by atoms with van der Waals surface area (Å²) in [6.07, 6.45) is 6.41. The van der Waals surface area contributed by atoms with Crippen molar-refractivity contribution in [3.63, 3.8) is 0 Å². The van der Waals surface area contributed by atoms with Gasteiger partial charge in [-0.15, -0.1) is 0 Å². The van der Waals surface area contributed by atoms with E-state index in [1.165, 1.54) is 24.5 Å². The van der Waals surface area contributed by atoms with Gasteiger partial charge in [-0.3, -0.25) is 24.2 Å². The molecule has 6 heterocycles. The average molecular weight is 1080 g/mol. The molecule has 2 aliphatic rings. The number of aromatic carboxylic acids is 1. The predicted molar refractivity (Wildman–Crippen MR) is 285 cm³/mol. The molecule has 2 aliphatic heterocycles. The lowest BCUT2D eigenvalue weighted by Gasteiger charge is -2.36. The molecule has 4 aromatic heterocycles. The fraction of sp³-hybridized carbons (Fsp3) is 0.346. The number of amides is 5. The zero-order chi connectivity index (χ0) is 55.2. The summed E-state index contributed by atoms with van der Waals surface area (Å²) in [5.74, 6) is 10.9. The zero-order valence-corrected chi connectivity index (χ0v) is 44.2. The van der Waals surface area contributed by atoms with Crippen LogP contribution in [0.25, 0.3) is 22.5 Å². The van der Waals surface area contributed by atoms with Crippen LogP contribution in [0.3, 0.4) is 0 Å². The number of nitrogens with zero attached hydrogens (tertiary/aromatic N) is 8. The standard InChI is InChI=1S/C26H30ClN7O4.C26H29ClN6O5/c1-26(2,3)38-25(37)33-13-5-4-6-18(33)23-32-20(21(22(28)35)34(23)29)15-7-9-16(10-8-15)24(36)31-19-14-17(27)11-12-30-19;1-26(2,3)38-25(37)32-13-5-4-6-18(32)22-31-20(21(24(35)36)33(22)28)15-7-9-16(10-8-15)23(34)30-19-14-17(27)11-12-29-19/h7-12,14,18H,4-6,13,29H2,1-3H3,(H2,28,35)(H,30,31,36);7-12,14,18H,4-6,13,28H2,1-3H3,(H,35,36)(H,29,30,34)/t2*18-/m00/s1. The highest BCUT2D eigenvalue weighted by molar-refractivity contribution is 6.31. The summed E-state index contributed by atoms with van der Waals surface area (Å²) < 4.78 is 13.3. The number of anilines is 2. The van der Waals surface area contributed by atoms with Gasteiger partial charge in [-0.25, -0.2) is 43.7 Å². The minimum absolute atomic E-state index is 0.00459. The number of nitrogens with one attached hydrogen (secondary N) is 2. The van der Waals surface area contributed by atoms with Gasteiger partial charge in [0.15, 0.2) is 23.0 Å². The van der Waals surface area contributed by atoms with Crippen molar-refractivity contribution in [1.29, 1.82) is 0 Å². The Labute approximate surface area is 447 Å². The van der Waals surface area contributed by atoms with Crippen LogP contribution in [0.5, 0.6) is 0 Å². The molecule has 5 amide bonds. The van der Waals surface area contributed by atoms with E-state index < -0.39 is 53.3 Å². The smallest absolute Gasteiger partial charge is 0.410 e. The average Bonchev–Trinajstić information content (AvgIpc) is 3.89. The summed E-state index contributed by atoms with van der Waals surface area (Å²) in [6, 6.07) is 17.9. The van der Waals surface area contributed by atoms with Gasteiger partial charge in [-0.1, -0.05) is 47.5 Å². The molecule has 0 aliphatic carbocycles. The number of carbonyl (C=O) groups excluding carboxylic acids is 5. The van der Waals surface area contributed by atoms with Gasteiger partial charge in [-0.05, 0) is 129 Å². The maximum Gasteiger partial charge on any atom is 0.410 e. The van der Waals surface area contributed by atoms with E-state index >= 15 is 0 Å². The summed E-state index contributed by atoms with van der Waals surface area (Å²) >= 11 is 11.9. The first-order valence-electron chi connectivity index (χ1n) is 24.2. The molecule has 76 heavy (non-hydrogen) atoms. The third-order valence-electron chi connectivity index (χ3n) is 11.9. The van der Waals surface area contributed by atoms with E-state index in [1.54, 1.807) is 112 Å². The molecule has 9 N–H and O–H groups in total. The molecule has 0 bridgehead atoms. The van der Waals surface area contributed by atoms with E-state index in [9.17, 15) is 33.9 Å². The molecule has 2 fully saturated rings. The third kappa shape index (κ3) is 13.3. The lowest BCUT2D eigenvalue weighted by atomic mass is 10.0. The summed E-state index contributed by atoms with van der Waals surface area (Å²) in [7, 11) is 0. The molecule has 0 spiro atoms. The number of carboxylic acids is 1. The van der Waals surface area contributed by atoms with Gasteiger partial charge in [0.1, 0.15) is 34.2 Å². The number of aromatic nitrogens is 6. The molecule has 0 radical (unpaired) electrons. The van der Waals surface area contributed by atoms with E-state index in [-0.39, 0.29) is 34.5 Å². The Balaban J connectivity index is 0.000000221. The Hall–Kier alpha value is -8.24. The van der Waals surface area contributed by atoms with Gasteiger partial charge in [0.25, 0.3) is 17.7 Å². The molecule has 0 saturated carbocycles. The quantitative estimate of drug-likeness (QED) is 0.0698. The van der Waals surface area contributed by atoms with Crippen LogP contribution in [-0.2, 0) is 9.47 Å². The molecule has 2 atom stereocenters. The van der Waals surface area contributed by atoms with Crippen molar-refractivity contribution in [2.24, 2.45) is 5.73 Å². The molecule has 0 unspecified atom stereocenters. The van der Waals surface area contributed by atoms with Crippen LogP contribution in [0, 0.1) is 0 Å². The van der Waals surface area contributed by atoms with Gasteiger partial charge in [0, 0.05) is 57.8 Å². The topological polar surface area (TPSA) is 311 Å². The minimum Gasteiger partial charge on any atom is -0.476 e. The van der Waals surface area contributed by atoms with E-state index in [1.807, 2.05) is 0 Å². The molecule has 2 aromatic carbocycles. The Kier molecular flexibility index (Phi) is 16.9. The Morgan fingerprint density at radius 3 is 1.34 bits per heavy atom. The van der Waals surface area contributed by atoms with Crippen molar-refractivity contribution in [3.8, 4) is 22.5 Å². The molecule has 22 nitrogen and oxygen atoms in total. The van der Waals surface area contributed by atoms with E-state index in [2.05, 4.69) is 30.6 Å². The van der Waals surface area contributed by atoms with Crippen molar-refractivity contribution in [2.45, 2.75) is 103 Å². The van der Waals surface area contributed by atoms with Crippen LogP contribution >= 0.6 is 23.2 Å². The van der Waals surface area contributed by atoms with Gasteiger partial charge >= 0.3 is 18.2 Å². The molecule has 24 heteroatoms. The number of piperidine rings is 2. The van der Waals surface area contributed by atoms with Crippen LogP contribution in [0.1, 0.15) is 145 Å². The number of halogens is 2. The summed E-state index contributed by atoms with van der Waals surface area (Å²) in [5, 5.41) is 16.2. The SMILES string of the molecule is CC(C)(C)OC(=O)N1CCCC[C@H]1c1nc(-c2ccc(C(=O)Nc3cc(Cl)ccn3)cc2)c(C(=O)O)n1N.CC(C)(C)OC(=O)N1CCCC[C@H]1c1nc(-c2ccc(C(=O)Nc3cc(Cl)ccn3)cc2)c(C(N)=O)n1N. The van der Waals surface area contributed by atoms with Crippen molar-refractivity contribution < 1.29 is 43.3 Å². The molecule has 6 aromatic rings. The number of pyridine rings is 2. The number of likely N-dealkylation sites (tertiary alicyclic amines) is 2. The maximum absolute atomic E-state index is 12.9. The number of imidazole rings is 2.